The summed E-state index contributed by atoms with van der Waals surface area (Å²) in [7, 11) is 0. The highest BCUT2D eigenvalue weighted by Gasteiger charge is 2.13. The normalized spacial score (nSPS) is 20.1. The van der Waals surface area contributed by atoms with Crippen LogP contribution in [0.5, 0.6) is 0 Å². The molecule has 1 fully saturated rings. The van der Waals surface area contributed by atoms with Crippen molar-refractivity contribution in [3.8, 4) is 6.07 Å². The van der Waals surface area contributed by atoms with Gasteiger partial charge in [-0.25, -0.2) is 4.98 Å². The number of nitriles is 1. The Kier molecular flexibility index (Phi) is 3.73. The lowest BCUT2D eigenvalue weighted by Gasteiger charge is -2.22. The molecular weight excluding hydrogens is 202 g/mol. The summed E-state index contributed by atoms with van der Waals surface area (Å²) in [6, 6.07) is 5.57. The Hall–Kier alpha value is -1.60. The number of nitrogens with zero attached hydrogens (tertiary/aromatic N) is 2. The van der Waals surface area contributed by atoms with Crippen LogP contribution in [0, 0.1) is 17.2 Å². The SMILES string of the molecule is N#Cc1ccnc(NCC2CCCOC2)c1. The summed E-state index contributed by atoms with van der Waals surface area (Å²) in [5, 5.41) is 12.0. The minimum absolute atomic E-state index is 0.557. The van der Waals surface area contributed by atoms with Crippen molar-refractivity contribution in [1.82, 2.24) is 4.98 Å². The van der Waals surface area contributed by atoms with Crippen molar-refractivity contribution in [3.63, 3.8) is 0 Å². The Morgan fingerprint density at radius 1 is 1.62 bits per heavy atom. The Morgan fingerprint density at radius 3 is 3.31 bits per heavy atom. The Balaban J connectivity index is 1.86. The van der Waals surface area contributed by atoms with E-state index in [9.17, 15) is 0 Å². The quantitative estimate of drug-likeness (QED) is 0.838. The first-order valence-corrected chi connectivity index (χ1v) is 5.56. The van der Waals surface area contributed by atoms with Gasteiger partial charge in [0.2, 0.25) is 0 Å². The number of rotatable bonds is 3. The number of nitrogens with one attached hydrogen (secondary N) is 1. The second-order valence-corrected chi connectivity index (χ2v) is 4.01. The molecule has 2 heterocycles. The van der Waals surface area contributed by atoms with Crippen LogP contribution in [-0.4, -0.2) is 24.7 Å². The van der Waals surface area contributed by atoms with Gasteiger partial charge in [-0.3, -0.25) is 0 Å². The first-order chi connectivity index (χ1) is 7.88. The van der Waals surface area contributed by atoms with E-state index in [0.717, 1.165) is 32.0 Å². The predicted octanol–water partition coefficient (Wildman–Crippen LogP) is 1.79. The first kappa shape index (κ1) is 10.9. The molecule has 1 atom stereocenters. The van der Waals surface area contributed by atoms with Gasteiger partial charge < -0.3 is 10.1 Å². The topological polar surface area (TPSA) is 57.9 Å². The standard InChI is InChI=1S/C12H15N3O/c13-7-10-3-4-14-12(6-10)15-8-11-2-1-5-16-9-11/h3-4,6,11H,1-2,5,8-9H2,(H,14,15). The summed E-state index contributed by atoms with van der Waals surface area (Å²) in [6.07, 6.45) is 3.99. The molecule has 0 aromatic carbocycles. The Bertz CT molecular complexity index is 380. The van der Waals surface area contributed by atoms with E-state index in [1.54, 1.807) is 18.3 Å². The van der Waals surface area contributed by atoms with Gasteiger partial charge in [-0.05, 0) is 30.9 Å². The maximum atomic E-state index is 8.75. The summed E-state index contributed by atoms with van der Waals surface area (Å²) in [5.41, 5.74) is 0.636. The predicted molar refractivity (Wildman–Crippen MR) is 61.0 cm³/mol. The number of ether oxygens (including phenoxy) is 1. The molecule has 2 rings (SSSR count). The smallest absolute Gasteiger partial charge is 0.127 e. The summed E-state index contributed by atoms with van der Waals surface area (Å²) in [5.74, 6) is 1.32. The van der Waals surface area contributed by atoms with E-state index in [1.807, 2.05) is 0 Å². The molecule has 0 saturated carbocycles. The molecule has 0 radical (unpaired) electrons. The van der Waals surface area contributed by atoms with Crippen molar-refractivity contribution >= 4 is 5.82 Å². The number of pyridine rings is 1. The zero-order chi connectivity index (χ0) is 11.2. The van der Waals surface area contributed by atoms with E-state index >= 15 is 0 Å². The minimum Gasteiger partial charge on any atom is -0.381 e. The highest BCUT2D eigenvalue weighted by molar-refractivity contribution is 5.42. The van der Waals surface area contributed by atoms with E-state index in [2.05, 4.69) is 16.4 Å². The van der Waals surface area contributed by atoms with Gasteiger partial charge in [0.05, 0.1) is 18.2 Å². The number of hydrogen-bond donors (Lipinski definition) is 1. The van der Waals surface area contributed by atoms with E-state index in [0.29, 0.717) is 11.5 Å². The van der Waals surface area contributed by atoms with Crippen LogP contribution in [0.4, 0.5) is 5.82 Å². The van der Waals surface area contributed by atoms with Crippen LogP contribution in [0.3, 0.4) is 0 Å². The number of hydrogen-bond acceptors (Lipinski definition) is 4. The minimum atomic E-state index is 0.557. The van der Waals surface area contributed by atoms with Gasteiger partial charge in [0.1, 0.15) is 5.82 Å². The van der Waals surface area contributed by atoms with Gasteiger partial charge in [0, 0.05) is 19.3 Å². The third kappa shape index (κ3) is 2.94. The monoisotopic (exact) mass is 217 g/mol. The largest absolute Gasteiger partial charge is 0.381 e. The van der Waals surface area contributed by atoms with Crippen LogP contribution in [0.2, 0.25) is 0 Å². The molecule has 1 aliphatic rings. The second kappa shape index (κ2) is 5.47. The van der Waals surface area contributed by atoms with Crippen molar-refractivity contribution in [2.45, 2.75) is 12.8 Å². The molecule has 1 aliphatic heterocycles. The molecule has 4 nitrogen and oxygen atoms in total. The maximum absolute atomic E-state index is 8.75. The number of anilines is 1. The van der Waals surface area contributed by atoms with Gasteiger partial charge >= 0.3 is 0 Å². The summed E-state index contributed by atoms with van der Waals surface area (Å²) >= 11 is 0. The molecule has 1 aromatic rings. The Morgan fingerprint density at radius 2 is 2.56 bits per heavy atom. The van der Waals surface area contributed by atoms with Crippen LogP contribution in [0.25, 0.3) is 0 Å². The fourth-order valence-corrected chi connectivity index (χ4v) is 1.81. The second-order valence-electron chi connectivity index (χ2n) is 4.01. The van der Waals surface area contributed by atoms with Crippen LogP contribution >= 0.6 is 0 Å². The lowest BCUT2D eigenvalue weighted by molar-refractivity contribution is 0.0595. The zero-order valence-corrected chi connectivity index (χ0v) is 9.15. The highest BCUT2D eigenvalue weighted by atomic mass is 16.5. The van der Waals surface area contributed by atoms with Crippen LogP contribution in [0.1, 0.15) is 18.4 Å². The zero-order valence-electron chi connectivity index (χ0n) is 9.15. The van der Waals surface area contributed by atoms with E-state index < -0.39 is 0 Å². The molecule has 0 amide bonds. The van der Waals surface area contributed by atoms with Crippen LogP contribution in [-0.2, 0) is 4.74 Å². The van der Waals surface area contributed by atoms with E-state index in [1.165, 1.54) is 6.42 Å². The molecule has 4 heteroatoms. The van der Waals surface area contributed by atoms with Crippen LogP contribution < -0.4 is 5.32 Å². The third-order valence-electron chi connectivity index (χ3n) is 2.72. The average Bonchev–Trinajstić information content (AvgIpc) is 2.38. The van der Waals surface area contributed by atoms with Crippen molar-refractivity contribution in [2.75, 3.05) is 25.1 Å². The molecule has 0 aliphatic carbocycles. The molecule has 1 saturated heterocycles. The molecule has 0 bridgehead atoms. The summed E-state index contributed by atoms with van der Waals surface area (Å²) < 4.78 is 5.40. The van der Waals surface area contributed by atoms with E-state index in [-0.39, 0.29) is 0 Å². The van der Waals surface area contributed by atoms with Crippen LogP contribution in [0.15, 0.2) is 18.3 Å². The van der Waals surface area contributed by atoms with Gasteiger partial charge in [0.25, 0.3) is 0 Å². The first-order valence-electron chi connectivity index (χ1n) is 5.56. The fraction of sp³-hybridized carbons (Fsp3) is 0.500. The van der Waals surface area contributed by atoms with E-state index in [4.69, 9.17) is 10.00 Å². The number of aromatic nitrogens is 1. The summed E-state index contributed by atoms with van der Waals surface area (Å²) in [4.78, 5) is 4.17. The van der Waals surface area contributed by atoms with Gasteiger partial charge in [-0.2, -0.15) is 5.26 Å². The van der Waals surface area contributed by atoms with Crippen molar-refractivity contribution in [1.29, 1.82) is 5.26 Å². The lowest BCUT2D eigenvalue weighted by atomic mass is 10.0. The molecule has 84 valence electrons. The lowest BCUT2D eigenvalue weighted by Crippen LogP contribution is -2.24. The van der Waals surface area contributed by atoms with Gasteiger partial charge in [-0.1, -0.05) is 0 Å². The fourth-order valence-electron chi connectivity index (χ4n) is 1.81. The highest BCUT2D eigenvalue weighted by Crippen LogP contribution is 2.14. The molecular formula is C12H15N3O. The molecule has 1 aromatic heterocycles. The molecule has 0 spiro atoms. The van der Waals surface area contributed by atoms with Gasteiger partial charge in [-0.15, -0.1) is 0 Å². The average molecular weight is 217 g/mol. The molecule has 16 heavy (non-hydrogen) atoms. The maximum Gasteiger partial charge on any atom is 0.127 e. The van der Waals surface area contributed by atoms with Crippen molar-refractivity contribution in [3.05, 3.63) is 23.9 Å². The Labute approximate surface area is 95.3 Å². The van der Waals surface area contributed by atoms with Gasteiger partial charge in [0.15, 0.2) is 0 Å². The molecule has 1 N–H and O–H groups in total. The summed E-state index contributed by atoms with van der Waals surface area (Å²) in [6.45, 7) is 2.57. The van der Waals surface area contributed by atoms with Crippen molar-refractivity contribution in [2.24, 2.45) is 5.92 Å². The van der Waals surface area contributed by atoms with Crippen molar-refractivity contribution < 1.29 is 4.74 Å². The third-order valence-corrected chi connectivity index (χ3v) is 2.72. The molecule has 1 unspecified atom stereocenters.